The third-order valence-corrected chi connectivity index (χ3v) is 5.57. The normalized spacial score (nSPS) is 30.6. The van der Waals surface area contributed by atoms with Crippen LogP contribution < -0.4 is 15.5 Å². The van der Waals surface area contributed by atoms with Crippen molar-refractivity contribution in [2.24, 2.45) is 4.99 Å². The van der Waals surface area contributed by atoms with E-state index in [1.807, 2.05) is 12.3 Å². The third kappa shape index (κ3) is 4.52. The van der Waals surface area contributed by atoms with Gasteiger partial charge in [-0.15, -0.1) is 0 Å². The number of guanidine groups is 1. The van der Waals surface area contributed by atoms with Crippen LogP contribution in [0.2, 0.25) is 0 Å². The number of ether oxygens (including phenoxy) is 2. The highest BCUT2D eigenvalue weighted by Crippen LogP contribution is 2.34. The first kappa shape index (κ1) is 18.5. The fraction of sp³-hybridized carbons (Fsp3) is 0.700. The van der Waals surface area contributed by atoms with Crippen molar-refractivity contribution in [1.29, 1.82) is 0 Å². The van der Waals surface area contributed by atoms with Crippen molar-refractivity contribution in [3.8, 4) is 0 Å². The predicted octanol–water partition coefficient (Wildman–Crippen LogP) is 1.68. The highest BCUT2D eigenvalue weighted by molar-refractivity contribution is 5.80. The standard InChI is InChI=1S/C20H31N5O2/c1-3-21-20(24-17-11-16-4-5-18(17)27-16)23-12-15-6-7-22-19(10-15)25-8-9-26-14(2)13-25/h6-7,10,14,16-18H,3-5,8-9,11-13H2,1-2H3,(H2,21,23,24). The van der Waals surface area contributed by atoms with Crippen molar-refractivity contribution in [3.05, 3.63) is 23.9 Å². The molecule has 7 heteroatoms. The SMILES string of the molecule is CCNC(=NCc1ccnc(N2CCOC(C)C2)c1)NC1CC2CCC1O2. The number of rotatable bonds is 5. The molecule has 4 rings (SSSR count). The third-order valence-electron chi connectivity index (χ3n) is 5.57. The van der Waals surface area contributed by atoms with Crippen LogP contribution in [-0.2, 0) is 16.0 Å². The maximum atomic E-state index is 5.95. The van der Waals surface area contributed by atoms with E-state index in [1.165, 1.54) is 12.0 Å². The van der Waals surface area contributed by atoms with Crippen LogP contribution >= 0.6 is 0 Å². The van der Waals surface area contributed by atoms with Crippen molar-refractivity contribution >= 4 is 11.8 Å². The van der Waals surface area contributed by atoms with Crippen molar-refractivity contribution in [2.45, 2.75) is 64.0 Å². The molecule has 1 aromatic rings. The predicted molar refractivity (Wildman–Crippen MR) is 106 cm³/mol. The lowest BCUT2D eigenvalue weighted by Gasteiger charge is -2.32. The highest BCUT2D eigenvalue weighted by atomic mass is 16.5. The van der Waals surface area contributed by atoms with Gasteiger partial charge < -0.3 is 25.0 Å². The largest absolute Gasteiger partial charge is 0.375 e. The Balaban J connectivity index is 1.39. The van der Waals surface area contributed by atoms with Crippen molar-refractivity contribution in [2.75, 3.05) is 31.1 Å². The summed E-state index contributed by atoms with van der Waals surface area (Å²) in [5.74, 6) is 1.88. The molecule has 148 valence electrons. The van der Waals surface area contributed by atoms with Gasteiger partial charge in [0.15, 0.2) is 5.96 Å². The first-order valence-corrected chi connectivity index (χ1v) is 10.2. The van der Waals surface area contributed by atoms with Gasteiger partial charge in [-0.3, -0.25) is 0 Å². The fourth-order valence-electron chi connectivity index (χ4n) is 4.21. The number of pyridine rings is 1. The number of fused-ring (bicyclic) bond motifs is 2. The summed E-state index contributed by atoms with van der Waals surface area (Å²) in [5, 5.41) is 6.94. The van der Waals surface area contributed by atoms with Crippen LogP contribution in [0.5, 0.6) is 0 Å². The monoisotopic (exact) mass is 373 g/mol. The minimum atomic E-state index is 0.246. The molecule has 0 radical (unpaired) electrons. The Morgan fingerprint density at radius 3 is 3.07 bits per heavy atom. The fourth-order valence-corrected chi connectivity index (χ4v) is 4.21. The highest BCUT2D eigenvalue weighted by Gasteiger charge is 2.41. The summed E-state index contributed by atoms with van der Waals surface area (Å²) in [4.78, 5) is 11.6. The first-order chi connectivity index (χ1) is 13.2. The summed E-state index contributed by atoms with van der Waals surface area (Å²) in [6.45, 7) is 8.21. The van der Waals surface area contributed by atoms with E-state index in [9.17, 15) is 0 Å². The van der Waals surface area contributed by atoms with Crippen molar-refractivity contribution in [1.82, 2.24) is 15.6 Å². The molecule has 1 aromatic heterocycles. The molecular weight excluding hydrogens is 342 g/mol. The van der Waals surface area contributed by atoms with Gasteiger partial charge >= 0.3 is 0 Å². The topological polar surface area (TPSA) is 71.0 Å². The molecule has 0 aromatic carbocycles. The number of anilines is 1. The zero-order chi connectivity index (χ0) is 18.6. The molecular formula is C20H31N5O2. The molecule has 3 aliphatic heterocycles. The molecule has 27 heavy (non-hydrogen) atoms. The minimum absolute atomic E-state index is 0.246. The molecule has 0 saturated carbocycles. The lowest BCUT2D eigenvalue weighted by molar-refractivity contribution is 0.0529. The van der Waals surface area contributed by atoms with Crippen LogP contribution in [0.1, 0.15) is 38.7 Å². The van der Waals surface area contributed by atoms with Crippen LogP contribution in [0.15, 0.2) is 23.3 Å². The molecule has 7 nitrogen and oxygen atoms in total. The average molecular weight is 374 g/mol. The number of morpholine rings is 1. The van der Waals surface area contributed by atoms with Gasteiger partial charge in [-0.1, -0.05) is 0 Å². The summed E-state index contributed by atoms with van der Waals surface area (Å²) in [7, 11) is 0. The maximum Gasteiger partial charge on any atom is 0.191 e. The Labute approximate surface area is 161 Å². The van der Waals surface area contributed by atoms with Gasteiger partial charge in [0.25, 0.3) is 0 Å². The molecule has 0 aliphatic carbocycles. The van der Waals surface area contributed by atoms with Crippen LogP contribution in [0.3, 0.4) is 0 Å². The second-order valence-corrected chi connectivity index (χ2v) is 7.71. The van der Waals surface area contributed by atoms with Gasteiger partial charge in [-0.2, -0.15) is 0 Å². The lowest BCUT2D eigenvalue weighted by Crippen LogP contribution is -2.47. The molecule has 0 amide bonds. The van der Waals surface area contributed by atoms with E-state index in [-0.39, 0.29) is 6.10 Å². The Kier molecular flexibility index (Phi) is 5.78. The van der Waals surface area contributed by atoms with Gasteiger partial charge in [0.2, 0.25) is 0 Å². The number of hydrogen-bond donors (Lipinski definition) is 2. The van der Waals surface area contributed by atoms with E-state index in [1.54, 1.807) is 0 Å². The van der Waals surface area contributed by atoms with Gasteiger partial charge in [0, 0.05) is 25.8 Å². The number of nitrogens with zero attached hydrogens (tertiary/aromatic N) is 3. The molecule has 3 saturated heterocycles. The van der Waals surface area contributed by atoms with E-state index in [0.717, 1.165) is 50.9 Å². The first-order valence-electron chi connectivity index (χ1n) is 10.2. The summed E-state index contributed by atoms with van der Waals surface area (Å²) in [5.41, 5.74) is 1.17. The van der Waals surface area contributed by atoms with Crippen LogP contribution in [0.4, 0.5) is 5.82 Å². The Bertz CT molecular complexity index is 668. The van der Waals surface area contributed by atoms with Crippen molar-refractivity contribution in [3.63, 3.8) is 0 Å². The molecule has 3 aliphatic rings. The summed E-state index contributed by atoms with van der Waals surface area (Å²) >= 11 is 0. The van der Waals surface area contributed by atoms with Gasteiger partial charge in [-0.05, 0) is 50.8 Å². The number of hydrogen-bond acceptors (Lipinski definition) is 5. The average Bonchev–Trinajstić information content (AvgIpc) is 3.30. The second-order valence-electron chi connectivity index (χ2n) is 7.71. The van der Waals surface area contributed by atoms with E-state index >= 15 is 0 Å². The van der Waals surface area contributed by atoms with Gasteiger partial charge in [0.1, 0.15) is 5.82 Å². The Morgan fingerprint density at radius 2 is 2.33 bits per heavy atom. The summed E-state index contributed by atoms with van der Waals surface area (Å²) in [6.07, 6.45) is 6.36. The Morgan fingerprint density at radius 1 is 1.41 bits per heavy atom. The van der Waals surface area contributed by atoms with Gasteiger partial charge in [0.05, 0.1) is 37.5 Å². The molecule has 2 bridgehead atoms. The molecule has 0 spiro atoms. The summed E-state index contributed by atoms with van der Waals surface area (Å²) < 4.78 is 11.6. The second kappa shape index (κ2) is 8.44. The number of nitrogens with one attached hydrogen (secondary N) is 2. The zero-order valence-electron chi connectivity index (χ0n) is 16.4. The smallest absolute Gasteiger partial charge is 0.191 e. The Hall–Kier alpha value is -1.86. The molecule has 2 N–H and O–H groups in total. The van der Waals surface area contributed by atoms with Crippen LogP contribution in [0, 0.1) is 0 Å². The van der Waals surface area contributed by atoms with Gasteiger partial charge in [-0.25, -0.2) is 9.98 Å². The van der Waals surface area contributed by atoms with E-state index in [2.05, 4.69) is 40.4 Å². The minimum Gasteiger partial charge on any atom is -0.375 e. The van der Waals surface area contributed by atoms with Crippen LogP contribution in [0.25, 0.3) is 0 Å². The lowest BCUT2D eigenvalue weighted by atomic mass is 9.96. The molecule has 4 unspecified atom stereocenters. The van der Waals surface area contributed by atoms with Crippen molar-refractivity contribution < 1.29 is 9.47 Å². The van der Waals surface area contributed by atoms with E-state index < -0.39 is 0 Å². The molecule has 3 fully saturated rings. The zero-order valence-corrected chi connectivity index (χ0v) is 16.4. The molecule has 4 heterocycles. The van der Waals surface area contributed by atoms with Crippen LogP contribution in [-0.4, -0.2) is 61.5 Å². The summed E-state index contributed by atoms with van der Waals surface area (Å²) in [6, 6.07) is 4.57. The van der Waals surface area contributed by atoms with E-state index in [0.29, 0.717) is 24.8 Å². The van der Waals surface area contributed by atoms with E-state index in [4.69, 9.17) is 14.5 Å². The number of aromatic nitrogens is 1. The quantitative estimate of drug-likeness (QED) is 0.605. The number of aliphatic imine (C=N–C) groups is 1. The molecule has 4 atom stereocenters. The maximum absolute atomic E-state index is 5.95.